The van der Waals surface area contributed by atoms with Gasteiger partial charge in [0.15, 0.2) is 0 Å². The summed E-state index contributed by atoms with van der Waals surface area (Å²) in [7, 11) is -3.60. The fourth-order valence-corrected chi connectivity index (χ4v) is 2.88. The first-order valence-electron chi connectivity index (χ1n) is 5.26. The third kappa shape index (κ3) is 2.30. The van der Waals surface area contributed by atoms with Crippen LogP contribution in [0.25, 0.3) is 10.8 Å². The van der Waals surface area contributed by atoms with Crippen molar-refractivity contribution in [2.24, 2.45) is 0 Å². The molecule has 0 atom stereocenters. The minimum Gasteiger partial charge on any atom is -0.399 e. The SMILES string of the molecule is C#CCNS(=O)(=O)c1cccc2cc(N)ccc12. The molecule has 0 spiro atoms. The van der Waals surface area contributed by atoms with Gasteiger partial charge in [-0.1, -0.05) is 24.1 Å². The molecule has 0 bridgehead atoms. The summed E-state index contributed by atoms with van der Waals surface area (Å²) in [4.78, 5) is 0.204. The van der Waals surface area contributed by atoms with Gasteiger partial charge >= 0.3 is 0 Å². The molecule has 0 aromatic heterocycles. The van der Waals surface area contributed by atoms with Crippen LogP contribution >= 0.6 is 0 Å². The zero-order chi connectivity index (χ0) is 13.2. The van der Waals surface area contributed by atoms with Gasteiger partial charge in [-0.2, -0.15) is 4.72 Å². The van der Waals surface area contributed by atoms with Gasteiger partial charge in [-0.15, -0.1) is 6.42 Å². The second kappa shape index (κ2) is 4.69. The number of benzene rings is 2. The molecular weight excluding hydrogens is 248 g/mol. The summed E-state index contributed by atoms with van der Waals surface area (Å²) in [6.45, 7) is -0.0340. The van der Waals surface area contributed by atoms with Gasteiger partial charge in [0.1, 0.15) is 0 Å². The van der Waals surface area contributed by atoms with Crippen LogP contribution in [0.1, 0.15) is 0 Å². The Balaban J connectivity index is 2.62. The summed E-state index contributed by atoms with van der Waals surface area (Å²) in [6, 6.07) is 10.1. The highest BCUT2D eigenvalue weighted by atomic mass is 32.2. The molecule has 5 heteroatoms. The maximum Gasteiger partial charge on any atom is 0.242 e. The van der Waals surface area contributed by atoms with Gasteiger partial charge in [-0.05, 0) is 23.6 Å². The van der Waals surface area contributed by atoms with Crippen LogP contribution in [0, 0.1) is 12.3 Å². The van der Waals surface area contributed by atoms with E-state index in [9.17, 15) is 8.42 Å². The van der Waals surface area contributed by atoms with Crippen LogP contribution in [0.5, 0.6) is 0 Å². The van der Waals surface area contributed by atoms with E-state index in [2.05, 4.69) is 10.6 Å². The standard InChI is InChI=1S/C13H12N2O2S/c1-2-8-15-18(16,17)13-5-3-4-10-9-11(14)6-7-12(10)13/h1,3-7,9,15H,8,14H2. The predicted octanol–water partition coefficient (Wildman–Crippen LogP) is 1.33. The van der Waals surface area contributed by atoms with Crippen molar-refractivity contribution in [1.29, 1.82) is 0 Å². The summed E-state index contributed by atoms with van der Waals surface area (Å²) in [5, 5.41) is 1.40. The molecule has 2 rings (SSSR count). The zero-order valence-electron chi connectivity index (χ0n) is 9.55. The van der Waals surface area contributed by atoms with Crippen molar-refractivity contribution in [3.8, 4) is 12.3 Å². The molecule has 0 aliphatic heterocycles. The van der Waals surface area contributed by atoms with Crippen LogP contribution in [0.4, 0.5) is 5.69 Å². The van der Waals surface area contributed by atoms with Gasteiger partial charge in [0.05, 0.1) is 11.4 Å². The first-order chi connectivity index (χ1) is 8.54. The van der Waals surface area contributed by atoms with E-state index in [4.69, 9.17) is 12.2 Å². The van der Waals surface area contributed by atoms with Gasteiger partial charge in [-0.3, -0.25) is 0 Å². The molecule has 0 aliphatic rings. The van der Waals surface area contributed by atoms with Crippen LogP contribution in [0.3, 0.4) is 0 Å². The van der Waals surface area contributed by atoms with Crippen LogP contribution in [-0.4, -0.2) is 15.0 Å². The summed E-state index contributed by atoms with van der Waals surface area (Å²) in [5.74, 6) is 2.24. The molecule has 0 radical (unpaired) electrons. The molecule has 2 aromatic rings. The van der Waals surface area contributed by atoms with Gasteiger partial charge < -0.3 is 5.73 Å². The summed E-state index contributed by atoms with van der Waals surface area (Å²) < 4.78 is 26.4. The Morgan fingerprint density at radius 3 is 2.78 bits per heavy atom. The van der Waals surface area contributed by atoms with Crippen molar-refractivity contribution < 1.29 is 8.42 Å². The third-order valence-corrected chi connectivity index (χ3v) is 3.98. The number of hydrogen-bond acceptors (Lipinski definition) is 3. The van der Waals surface area contributed by atoms with Gasteiger partial charge in [-0.25, -0.2) is 8.42 Å². The lowest BCUT2D eigenvalue weighted by Crippen LogP contribution is -2.24. The number of rotatable bonds is 3. The molecule has 18 heavy (non-hydrogen) atoms. The number of hydrogen-bond donors (Lipinski definition) is 2. The first-order valence-corrected chi connectivity index (χ1v) is 6.74. The summed E-state index contributed by atoms with van der Waals surface area (Å²) in [5.41, 5.74) is 6.26. The molecule has 0 saturated heterocycles. The smallest absolute Gasteiger partial charge is 0.242 e. The largest absolute Gasteiger partial charge is 0.399 e. The van der Waals surface area contributed by atoms with E-state index in [1.165, 1.54) is 6.07 Å². The quantitative estimate of drug-likeness (QED) is 0.646. The van der Waals surface area contributed by atoms with E-state index in [0.717, 1.165) is 5.39 Å². The van der Waals surface area contributed by atoms with Gasteiger partial charge in [0, 0.05) is 11.1 Å². The molecular formula is C13H12N2O2S. The third-order valence-electron chi connectivity index (χ3n) is 2.52. The lowest BCUT2D eigenvalue weighted by molar-refractivity contribution is 0.587. The van der Waals surface area contributed by atoms with Crippen molar-refractivity contribution in [2.75, 3.05) is 12.3 Å². The maximum atomic E-state index is 12.1. The van der Waals surface area contributed by atoms with E-state index >= 15 is 0 Å². The Morgan fingerprint density at radius 2 is 2.06 bits per heavy atom. The van der Waals surface area contributed by atoms with Gasteiger partial charge in [0.25, 0.3) is 0 Å². The Hall–Kier alpha value is -2.03. The van der Waals surface area contributed by atoms with E-state index < -0.39 is 10.0 Å². The molecule has 0 aliphatic carbocycles. The van der Waals surface area contributed by atoms with Crippen molar-refractivity contribution in [3.05, 3.63) is 36.4 Å². The maximum absolute atomic E-state index is 12.1. The van der Waals surface area contributed by atoms with Crippen molar-refractivity contribution in [2.45, 2.75) is 4.90 Å². The second-order valence-electron chi connectivity index (χ2n) is 3.77. The van der Waals surface area contributed by atoms with E-state index in [1.54, 1.807) is 24.3 Å². The summed E-state index contributed by atoms with van der Waals surface area (Å²) >= 11 is 0. The molecule has 0 unspecified atom stereocenters. The van der Waals surface area contributed by atoms with Gasteiger partial charge in [0.2, 0.25) is 10.0 Å². The zero-order valence-corrected chi connectivity index (χ0v) is 10.4. The Labute approximate surface area is 106 Å². The normalized spacial score (nSPS) is 11.3. The highest BCUT2D eigenvalue weighted by Gasteiger charge is 2.16. The van der Waals surface area contributed by atoms with Crippen molar-refractivity contribution in [3.63, 3.8) is 0 Å². The van der Waals surface area contributed by atoms with Crippen molar-refractivity contribution in [1.82, 2.24) is 4.72 Å². The van der Waals surface area contributed by atoms with Crippen LogP contribution < -0.4 is 10.5 Å². The number of sulfonamides is 1. The minimum atomic E-state index is -3.60. The Bertz CT molecular complexity index is 730. The lowest BCUT2D eigenvalue weighted by Gasteiger charge is -2.08. The predicted molar refractivity (Wildman–Crippen MR) is 72.4 cm³/mol. The number of nitrogen functional groups attached to an aromatic ring is 1. The molecule has 0 saturated carbocycles. The van der Waals surface area contributed by atoms with E-state index in [-0.39, 0.29) is 11.4 Å². The second-order valence-corrected chi connectivity index (χ2v) is 5.50. The Morgan fingerprint density at radius 1 is 1.28 bits per heavy atom. The molecule has 0 fully saturated rings. The van der Waals surface area contributed by atoms with Crippen molar-refractivity contribution >= 4 is 26.5 Å². The number of terminal acetylenes is 1. The average Bonchev–Trinajstić information content (AvgIpc) is 2.35. The summed E-state index contributed by atoms with van der Waals surface area (Å²) in [6.07, 6.45) is 5.05. The lowest BCUT2D eigenvalue weighted by atomic mass is 10.1. The number of fused-ring (bicyclic) bond motifs is 1. The average molecular weight is 260 g/mol. The van der Waals surface area contributed by atoms with Crippen LogP contribution in [-0.2, 0) is 10.0 Å². The highest BCUT2D eigenvalue weighted by Crippen LogP contribution is 2.24. The molecule has 3 N–H and O–H groups in total. The number of nitrogens with one attached hydrogen (secondary N) is 1. The number of nitrogens with two attached hydrogens (primary N) is 1. The monoisotopic (exact) mass is 260 g/mol. The minimum absolute atomic E-state index is 0.0340. The highest BCUT2D eigenvalue weighted by molar-refractivity contribution is 7.89. The van der Waals surface area contributed by atoms with E-state index in [0.29, 0.717) is 11.1 Å². The fraction of sp³-hybridized carbons (Fsp3) is 0.0769. The van der Waals surface area contributed by atoms with E-state index in [1.807, 2.05) is 6.07 Å². The van der Waals surface area contributed by atoms with Crippen LogP contribution in [0.2, 0.25) is 0 Å². The molecule has 2 aromatic carbocycles. The van der Waals surface area contributed by atoms with Crippen LogP contribution in [0.15, 0.2) is 41.3 Å². The fourth-order valence-electron chi connectivity index (χ4n) is 1.72. The molecule has 92 valence electrons. The first kappa shape index (κ1) is 12.4. The molecule has 0 amide bonds. The Kier molecular flexibility index (Phi) is 3.24. The molecule has 0 heterocycles. The molecule has 4 nitrogen and oxygen atoms in total. The number of anilines is 1. The topological polar surface area (TPSA) is 72.2 Å².